The fraction of sp³-hybridized carbons (Fsp3) is 0.0667. The first-order valence-corrected chi connectivity index (χ1v) is 6.00. The molecule has 0 aliphatic carbocycles. The van der Waals surface area contributed by atoms with E-state index in [0.717, 1.165) is 4.90 Å². The molecule has 1 aliphatic heterocycles. The van der Waals surface area contributed by atoms with E-state index in [0.29, 0.717) is 11.3 Å². The van der Waals surface area contributed by atoms with Gasteiger partial charge in [-0.25, -0.2) is 4.90 Å². The second kappa shape index (κ2) is 4.09. The van der Waals surface area contributed by atoms with E-state index >= 15 is 0 Å². The topological polar surface area (TPSA) is 77.8 Å². The molecule has 1 aliphatic rings. The Hall–Kier alpha value is -2.82. The van der Waals surface area contributed by atoms with Crippen molar-refractivity contribution in [2.24, 2.45) is 0 Å². The van der Waals surface area contributed by atoms with Gasteiger partial charge < -0.3 is 10.2 Å². The summed E-state index contributed by atoms with van der Waals surface area (Å²) in [4.78, 5) is 25.6. The molecule has 2 N–H and O–H groups in total. The van der Waals surface area contributed by atoms with E-state index in [-0.39, 0.29) is 22.6 Å². The third-order valence-electron chi connectivity index (χ3n) is 3.31. The second-order valence-corrected chi connectivity index (χ2v) is 4.65. The van der Waals surface area contributed by atoms with Crippen LogP contribution in [0.15, 0.2) is 36.4 Å². The van der Waals surface area contributed by atoms with E-state index in [4.69, 9.17) is 0 Å². The average Bonchev–Trinajstić information content (AvgIpc) is 2.65. The number of imide groups is 1. The molecule has 0 saturated carbocycles. The number of carbonyl (C=O) groups excluding carboxylic acids is 2. The van der Waals surface area contributed by atoms with Gasteiger partial charge >= 0.3 is 0 Å². The van der Waals surface area contributed by atoms with Crippen LogP contribution in [0.5, 0.6) is 11.5 Å². The molecule has 1 heterocycles. The van der Waals surface area contributed by atoms with Crippen LogP contribution in [0.4, 0.5) is 5.69 Å². The molecule has 0 fully saturated rings. The monoisotopic (exact) mass is 269 g/mol. The van der Waals surface area contributed by atoms with Gasteiger partial charge in [0.1, 0.15) is 11.5 Å². The number of hydrogen-bond acceptors (Lipinski definition) is 4. The second-order valence-electron chi connectivity index (χ2n) is 4.65. The Morgan fingerprint density at radius 2 is 1.60 bits per heavy atom. The van der Waals surface area contributed by atoms with Crippen LogP contribution >= 0.6 is 0 Å². The lowest BCUT2D eigenvalue weighted by atomic mass is 10.1. The number of benzene rings is 2. The first-order chi connectivity index (χ1) is 9.49. The zero-order valence-electron chi connectivity index (χ0n) is 10.6. The number of anilines is 1. The number of fused-ring (bicyclic) bond motifs is 1. The van der Waals surface area contributed by atoms with Gasteiger partial charge in [0.15, 0.2) is 0 Å². The summed E-state index contributed by atoms with van der Waals surface area (Å²) in [5.41, 5.74) is 1.41. The molecule has 20 heavy (non-hydrogen) atoms. The van der Waals surface area contributed by atoms with Crippen molar-refractivity contribution >= 4 is 17.5 Å². The number of carbonyl (C=O) groups is 2. The summed E-state index contributed by atoms with van der Waals surface area (Å²) in [7, 11) is 0. The molecule has 0 bridgehead atoms. The Morgan fingerprint density at radius 3 is 2.30 bits per heavy atom. The molecule has 0 atom stereocenters. The number of nitrogens with zero attached hydrogens (tertiary/aromatic N) is 1. The van der Waals surface area contributed by atoms with Gasteiger partial charge in [0.05, 0.1) is 16.8 Å². The largest absolute Gasteiger partial charge is 0.508 e. The molecule has 0 aromatic heterocycles. The number of amides is 2. The van der Waals surface area contributed by atoms with Crippen molar-refractivity contribution in [2.45, 2.75) is 6.92 Å². The van der Waals surface area contributed by atoms with Crippen molar-refractivity contribution in [3.63, 3.8) is 0 Å². The Bertz CT molecular complexity index is 752. The van der Waals surface area contributed by atoms with Crippen molar-refractivity contribution in [3.05, 3.63) is 53.1 Å². The van der Waals surface area contributed by atoms with E-state index in [1.807, 2.05) is 0 Å². The molecule has 0 saturated heterocycles. The minimum Gasteiger partial charge on any atom is -0.508 e. The van der Waals surface area contributed by atoms with Crippen molar-refractivity contribution in [3.8, 4) is 11.5 Å². The first kappa shape index (κ1) is 12.2. The summed E-state index contributed by atoms with van der Waals surface area (Å²) in [6.07, 6.45) is 0. The molecule has 5 heteroatoms. The van der Waals surface area contributed by atoms with E-state index in [9.17, 15) is 19.8 Å². The maximum Gasteiger partial charge on any atom is 0.266 e. The third-order valence-corrected chi connectivity index (χ3v) is 3.31. The molecule has 0 unspecified atom stereocenters. The Kier molecular flexibility index (Phi) is 2.50. The molecule has 2 amide bonds. The van der Waals surface area contributed by atoms with Crippen molar-refractivity contribution in [2.75, 3.05) is 4.90 Å². The Labute approximate surface area is 114 Å². The molecular formula is C15H11NO4. The van der Waals surface area contributed by atoms with Crippen LogP contribution in [0.1, 0.15) is 26.3 Å². The van der Waals surface area contributed by atoms with Crippen LogP contribution < -0.4 is 4.90 Å². The number of phenols is 2. The summed E-state index contributed by atoms with van der Waals surface area (Å²) in [6, 6.07) is 8.59. The van der Waals surface area contributed by atoms with Crippen molar-refractivity contribution in [1.29, 1.82) is 0 Å². The molecule has 2 aromatic rings. The van der Waals surface area contributed by atoms with E-state index in [1.165, 1.54) is 30.3 Å². The van der Waals surface area contributed by atoms with Gasteiger partial charge in [0.2, 0.25) is 0 Å². The zero-order valence-corrected chi connectivity index (χ0v) is 10.6. The SMILES string of the molecule is Cc1cc(N2C(=O)c3ccc(O)cc3C2=O)ccc1O. The predicted molar refractivity (Wildman–Crippen MR) is 72.1 cm³/mol. The van der Waals surface area contributed by atoms with Gasteiger partial charge in [-0.1, -0.05) is 0 Å². The molecule has 0 radical (unpaired) electrons. The highest BCUT2D eigenvalue weighted by molar-refractivity contribution is 6.34. The van der Waals surface area contributed by atoms with Crippen molar-refractivity contribution in [1.82, 2.24) is 0 Å². The number of aryl methyl sites for hydroxylation is 1. The number of rotatable bonds is 1. The van der Waals surface area contributed by atoms with Gasteiger partial charge in [-0.2, -0.15) is 0 Å². The highest BCUT2D eigenvalue weighted by Gasteiger charge is 2.36. The normalized spacial score (nSPS) is 13.8. The molecule has 100 valence electrons. The van der Waals surface area contributed by atoms with Crippen LogP contribution in [0, 0.1) is 6.92 Å². The lowest BCUT2D eigenvalue weighted by Gasteiger charge is -2.14. The fourth-order valence-electron chi connectivity index (χ4n) is 2.24. The summed E-state index contributed by atoms with van der Waals surface area (Å²) in [5.74, 6) is -0.877. The third kappa shape index (κ3) is 1.64. The minimum absolute atomic E-state index is 0.0614. The fourth-order valence-corrected chi connectivity index (χ4v) is 2.24. The Morgan fingerprint density at radius 1 is 0.900 bits per heavy atom. The summed E-state index contributed by atoms with van der Waals surface area (Å²) < 4.78 is 0. The molecule has 5 nitrogen and oxygen atoms in total. The van der Waals surface area contributed by atoms with E-state index in [1.54, 1.807) is 13.0 Å². The van der Waals surface area contributed by atoms with E-state index < -0.39 is 11.8 Å². The zero-order chi connectivity index (χ0) is 14.4. The Balaban J connectivity index is 2.11. The molecule has 2 aromatic carbocycles. The maximum absolute atomic E-state index is 12.3. The summed E-state index contributed by atoms with van der Waals surface area (Å²) >= 11 is 0. The average molecular weight is 269 g/mol. The van der Waals surface area contributed by atoms with Gasteiger partial charge in [0.25, 0.3) is 11.8 Å². The van der Waals surface area contributed by atoms with Gasteiger partial charge in [0, 0.05) is 0 Å². The van der Waals surface area contributed by atoms with Crippen molar-refractivity contribution < 1.29 is 19.8 Å². The van der Waals surface area contributed by atoms with Gasteiger partial charge in [-0.3, -0.25) is 9.59 Å². The number of phenolic OH excluding ortho intramolecular Hbond substituents is 2. The highest BCUT2D eigenvalue weighted by Crippen LogP contribution is 2.32. The van der Waals surface area contributed by atoms with Crippen LogP contribution in [-0.4, -0.2) is 22.0 Å². The summed E-state index contributed by atoms with van der Waals surface area (Å²) in [6.45, 7) is 1.68. The lowest BCUT2D eigenvalue weighted by molar-refractivity contribution is 0.0926. The number of aromatic hydroxyl groups is 2. The maximum atomic E-state index is 12.3. The quantitative estimate of drug-likeness (QED) is 0.778. The van der Waals surface area contributed by atoms with Crippen LogP contribution in [-0.2, 0) is 0 Å². The van der Waals surface area contributed by atoms with Crippen LogP contribution in [0.2, 0.25) is 0 Å². The first-order valence-electron chi connectivity index (χ1n) is 6.00. The number of hydrogen-bond donors (Lipinski definition) is 2. The standard InChI is InChI=1S/C15H11NO4/c1-8-6-9(2-5-13(8)18)16-14(19)11-4-3-10(17)7-12(11)15(16)20/h2-7,17-18H,1H3. The van der Waals surface area contributed by atoms with Gasteiger partial charge in [-0.15, -0.1) is 0 Å². The smallest absolute Gasteiger partial charge is 0.266 e. The van der Waals surface area contributed by atoms with Crippen LogP contribution in [0.3, 0.4) is 0 Å². The van der Waals surface area contributed by atoms with Gasteiger partial charge in [-0.05, 0) is 48.9 Å². The molecular weight excluding hydrogens is 258 g/mol. The highest BCUT2D eigenvalue weighted by atomic mass is 16.3. The molecule has 0 spiro atoms. The predicted octanol–water partition coefficient (Wildman–Crippen LogP) is 2.21. The lowest BCUT2D eigenvalue weighted by Crippen LogP contribution is -2.29. The molecule has 3 rings (SSSR count). The van der Waals surface area contributed by atoms with E-state index in [2.05, 4.69) is 0 Å². The van der Waals surface area contributed by atoms with Crippen LogP contribution in [0.25, 0.3) is 0 Å². The minimum atomic E-state index is -0.481. The summed E-state index contributed by atoms with van der Waals surface area (Å²) in [5, 5.41) is 18.9.